The molecular formula is C15H22N2O4. The molecule has 2 amide bonds. The molecule has 0 aliphatic rings. The molecule has 0 aliphatic heterocycles. The molecule has 0 saturated carbocycles. The maximum atomic E-state index is 11.8. The van der Waals surface area contributed by atoms with Crippen molar-refractivity contribution in [3.8, 4) is 5.75 Å². The third kappa shape index (κ3) is 4.98. The van der Waals surface area contributed by atoms with E-state index in [-0.39, 0.29) is 12.5 Å². The van der Waals surface area contributed by atoms with Crippen LogP contribution in [-0.4, -0.2) is 30.3 Å². The van der Waals surface area contributed by atoms with Gasteiger partial charge in [-0.15, -0.1) is 0 Å². The van der Waals surface area contributed by atoms with E-state index in [1.807, 2.05) is 25.1 Å². The standard InChI is InChI=1S/C15H22N2O4/c1-9(2)13(14(18)19)17-15(20)16-8-11-7-10(3)5-6-12(11)21-4/h5-7,9,13H,8H2,1-4H3,(H,18,19)(H2,16,17,20). The van der Waals surface area contributed by atoms with E-state index in [1.54, 1.807) is 21.0 Å². The maximum Gasteiger partial charge on any atom is 0.326 e. The number of hydrogen-bond donors (Lipinski definition) is 3. The summed E-state index contributed by atoms with van der Waals surface area (Å²) in [5.41, 5.74) is 1.89. The van der Waals surface area contributed by atoms with Crippen molar-refractivity contribution in [2.24, 2.45) is 5.92 Å². The lowest BCUT2D eigenvalue weighted by molar-refractivity contribution is -0.140. The van der Waals surface area contributed by atoms with Gasteiger partial charge in [0.2, 0.25) is 0 Å². The van der Waals surface area contributed by atoms with Crippen LogP contribution in [0, 0.1) is 12.8 Å². The van der Waals surface area contributed by atoms with Gasteiger partial charge in [-0.3, -0.25) is 0 Å². The Labute approximate surface area is 124 Å². The maximum absolute atomic E-state index is 11.8. The van der Waals surface area contributed by atoms with Gasteiger partial charge in [-0.25, -0.2) is 9.59 Å². The largest absolute Gasteiger partial charge is 0.496 e. The van der Waals surface area contributed by atoms with Gasteiger partial charge in [0.15, 0.2) is 0 Å². The average Bonchev–Trinajstić information content (AvgIpc) is 2.42. The molecule has 0 aliphatic carbocycles. The number of carbonyl (C=O) groups is 2. The van der Waals surface area contributed by atoms with Gasteiger partial charge in [-0.2, -0.15) is 0 Å². The first kappa shape index (κ1) is 16.8. The monoisotopic (exact) mass is 294 g/mol. The lowest BCUT2D eigenvalue weighted by Crippen LogP contribution is -2.48. The predicted octanol–water partition coefficient (Wildman–Crippen LogP) is 1.91. The Hall–Kier alpha value is -2.24. The van der Waals surface area contributed by atoms with Gasteiger partial charge < -0.3 is 20.5 Å². The second-order valence-electron chi connectivity index (χ2n) is 5.20. The molecule has 0 radical (unpaired) electrons. The molecule has 0 fully saturated rings. The van der Waals surface area contributed by atoms with E-state index in [0.29, 0.717) is 5.75 Å². The fourth-order valence-electron chi connectivity index (χ4n) is 1.93. The van der Waals surface area contributed by atoms with Crippen LogP contribution in [0.2, 0.25) is 0 Å². The van der Waals surface area contributed by atoms with Crippen molar-refractivity contribution < 1.29 is 19.4 Å². The third-order valence-electron chi connectivity index (χ3n) is 3.09. The Kier molecular flexibility index (Phi) is 6.02. The number of amides is 2. The summed E-state index contributed by atoms with van der Waals surface area (Å²) >= 11 is 0. The quantitative estimate of drug-likeness (QED) is 0.748. The van der Waals surface area contributed by atoms with Crippen molar-refractivity contribution in [2.75, 3.05) is 7.11 Å². The van der Waals surface area contributed by atoms with Crippen LogP contribution in [0.1, 0.15) is 25.0 Å². The van der Waals surface area contributed by atoms with E-state index in [4.69, 9.17) is 9.84 Å². The Bertz CT molecular complexity index is 514. The molecule has 6 heteroatoms. The Morgan fingerprint density at radius 1 is 1.33 bits per heavy atom. The van der Waals surface area contributed by atoms with Gasteiger partial charge in [0, 0.05) is 12.1 Å². The van der Waals surface area contributed by atoms with E-state index >= 15 is 0 Å². The first-order valence-electron chi connectivity index (χ1n) is 6.75. The summed E-state index contributed by atoms with van der Waals surface area (Å²) in [7, 11) is 1.56. The summed E-state index contributed by atoms with van der Waals surface area (Å²) in [5, 5.41) is 14.1. The molecule has 1 aromatic carbocycles. The van der Waals surface area contributed by atoms with E-state index in [1.165, 1.54) is 0 Å². The van der Waals surface area contributed by atoms with Crippen LogP contribution < -0.4 is 15.4 Å². The second-order valence-corrected chi connectivity index (χ2v) is 5.20. The molecule has 3 N–H and O–H groups in total. The zero-order valence-electron chi connectivity index (χ0n) is 12.8. The van der Waals surface area contributed by atoms with Crippen LogP contribution in [0.15, 0.2) is 18.2 Å². The van der Waals surface area contributed by atoms with Gasteiger partial charge in [0.25, 0.3) is 0 Å². The van der Waals surface area contributed by atoms with Crippen molar-refractivity contribution >= 4 is 12.0 Å². The van der Waals surface area contributed by atoms with E-state index in [0.717, 1.165) is 11.1 Å². The van der Waals surface area contributed by atoms with Crippen molar-refractivity contribution in [1.29, 1.82) is 0 Å². The first-order valence-corrected chi connectivity index (χ1v) is 6.75. The molecule has 0 spiro atoms. The SMILES string of the molecule is COc1ccc(C)cc1CNC(=O)NC(C(=O)O)C(C)C. The summed E-state index contributed by atoms with van der Waals surface area (Å²) in [6.45, 7) is 5.69. The first-order chi connectivity index (χ1) is 9.85. The van der Waals surface area contributed by atoms with Crippen molar-refractivity contribution in [3.63, 3.8) is 0 Å². The number of methoxy groups -OCH3 is 1. The van der Waals surface area contributed by atoms with Gasteiger partial charge >= 0.3 is 12.0 Å². The molecule has 6 nitrogen and oxygen atoms in total. The van der Waals surface area contributed by atoms with Crippen molar-refractivity contribution in [3.05, 3.63) is 29.3 Å². The molecule has 1 unspecified atom stereocenters. The highest BCUT2D eigenvalue weighted by Gasteiger charge is 2.23. The molecule has 0 heterocycles. The van der Waals surface area contributed by atoms with Gasteiger partial charge in [0.05, 0.1) is 7.11 Å². The van der Waals surface area contributed by atoms with E-state index in [9.17, 15) is 9.59 Å². The average molecular weight is 294 g/mol. The number of aliphatic carboxylic acids is 1. The highest BCUT2D eigenvalue weighted by molar-refractivity contribution is 5.82. The molecule has 116 valence electrons. The zero-order chi connectivity index (χ0) is 16.0. The molecule has 1 rings (SSSR count). The summed E-state index contributed by atoms with van der Waals surface area (Å²) in [5.74, 6) is -0.561. The van der Waals surface area contributed by atoms with Gasteiger partial charge in [-0.05, 0) is 18.9 Å². The number of ether oxygens (including phenoxy) is 1. The Morgan fingerprint density at radius 2 is 2.00 bits per heavy atom. The number of carboxylic acids is 1. The fourth-order valence-corrected chi connectivity index (χ4v) is 1.93. The van der Waals surface area contributed by atoms with E-state index < -0.39 is 18.0 Å². The molecule has 1 aromatic rings. The number of benzene rings is 1. The number of hydrogen-bond acceptors (Lipinski definition) is 3. The molecule has 0 saturated heterocycles. The summed E-state index contributed by atoms with van der Waals surface area (Å²) in [6, 6.07) is 4.24. The number of rotatable bonds is 6. The van der Waals surface area contributed by atoms with Crippen LogP contribution in [0.5, 0.6) is 5.75 Å². The molecule has 1 atom stereocenters. The van der Waals surface area contributed by atoms with Crippen LogP contribution in [0.3, 0.4) is 0 Å². The fraction of sp³-hybridized carbons (Fsp3) is 0.467. The van der Waals surface area contributed by atoms with Crippen LogP contribution in [0.4, 0.5) is 4.79 Å². The highest BCUT2D eigenvalue weighted by atomic mass is 16.5. The summed E-state index contributed by atoms with van der Waals surface area (Å²) in [4.78, 5) is 22.8. The Morgan fingerprint density at radius 3 is 2.52 bits per heavy atom. The molecular weight excluding hydrogens is 272 g/mol. The number of carbonyl (C=O) groups excluding carboxylic acids is 1. The number of aryl methyl sites for hydroxylation is 1. The summed E-state index contributed by atoms with van der Waals surface area (Å²) < 4.78 is 5.22. The minimum absolute atomic E-state index is 0.193. The van der Waals surface area contributed by atoms with Gasteiger partial charge in [-0.1, -0.05) is 31.5 Å². The molecule has 0 bridgehead atoms. The lowest BCUT2D eigenvalue weighted by Gasteiger charge is -2.18. The zero-order valence-corrected chi connectivity index (χ0v) is 12.8. The second kappa shape index (κ2) is 7.52. The molecule has 0 aromatic heterocycles. The Balaban J connectivity index is 2.65. The number of urea groups is 1. The predicted molar refractivity (Wildman–Crippen MR) is 79.4 cm³/mol. The minimum atomic E-state index is -1.05. The third-order valence-corrected chi connectivity index (χ3v) is 3.09. The number of nitrogens with one attached hydrogen (secondary N) is 2. The van der Waals surface area contributed by atoms with Crippen molar-refractivity contribution in [2.45, 2.75) is 33.4 Å². The number of carboxylic acid groups (broad SMARTS) is 1. The highest BCUT2D eigenvalue weighted by Crippen LogP contribution is 2.19. The van der Waals surface area contributed by atoms with E-state index in [2.05, 4.69) is 10.6 Å². The summed E-state index contributed by atoms with van der Waals surface area (Å²) in [6.07, 6.45) is 0. The smallest absolute Gasteiger partial charge is 0.326 e. The normalized spacial score (nSPS) is 11.9. The van der Waals surface area contributed by atoms with Gasteiger partial charge in [0.1, 0.15) is 11.8 Å². The van der Waals surface area contributed by atoms with Crippen LogP contribution >= 0.6 is 0 Å². The van der Waals surface area contributed by atoms with Crippen molar-refractivity contribution in [1.82, 2.24) is 10.6 Å². The van der Waals surface area contributed by atoms with Crippen LogP contribution in [0.25, 0.3) is 0 Å². The molecule has 21 heavy (non-hydrogen) atoms. The topological polar surface area (TPSA) is 87.7 Å². The minimum Gasteiger partial charge on any atom is -0.496 e. The van der Waals surface area contributed by atoms with Crippen LogP contribution in [-0.2, 0) is 11.3 Å². The lowest BCUT2D eigenvalue weighted by atomic mass is 10.1.